The summed E-state index contributed by atoms with van der Waals surface area (Å²) in [4.78, 5) is 0. The van der Waals surface area contributed by atoms with Crippen LogP contribution in [0.3, 0.4) is 0 Å². The van der Waals surface area contributed by atoms with Gasteiger partial charge in [0.25, 0.3) is 0 Å². The lowest BCUT2D eigenvalue weighted by Gasteiger charge is -2.37. The number of hydrogen-bond donors (Lipinski definition) is 3. The van der Waals surface area contributed by atoms with Crippen molar-refractivity contribution >= 4 is 16.2 Å². The highest BCUT2D eigenvalue weighted by atomic mass is 32.2. The summed E-state index contributed by atoms with van der Waals surface area (Å²) in [6.45, 7) is 3.39. The Kier molecular flexibility index (Phi) is 9.90. The van der Waals surface area contributed by atoms with Gasteiger partial charge in [0.2, 0.25) is 0 Å². The van der Waals surface area contributed by atoms with Crippen LogP contribution in [0.25, 0.3) is 11.3 Å². The maximum absolute atomic E-state index is 12.0. The molecule has 200 valence electrons. The summed E-state index contributed by atoms with van der Waals surface area (Å²) in [5, 5.41) is 40.9. The maximum atomic E-state index is 12.0. The molecule has 1 saturated heterocycles. The second-order valence-corrected chi connectivity index (χ2v) is 9.90. The summed E-state index contributed by atoms with van der Waals surface area (Å²) in [6, 6.07) is 8.73. The van der Waals surface area contributed by atoms with Crippen molar-refractivity contribution in [1.29, 1.82) is 0 Å². The minimum atomic E-state index is -4.57. The van der Waals surface area contributed by atoms with Gasteiger partial charge in [-0.2, -0.15) is 12.8 Å². The molecule has 0 spiro atoms. The fourth-order valence-corrected chi connectivity index (χ4v) is 4.20. The average molecular weight is 528 g/mol. The summed E-state index contributed by atoms with van der Waals surface area (Å²) < 4.78 is 44.6. The molecule has 13 nitrogen and oxygen atoms in total. The molecular weight excluding hydrogens is 494 g/mol. The first-order valence-electron chi connectivity index (χ1n) is 11.7. The van der Waals surface area contributed by atoms with Crippen molar-refractivity contribution in [2.24, 2.45) is 10.3 Å². The largest absolute Gasteiger partial charge is 0.857 e. The molecule has 2 unspecified atom stereocenters. The Hall–Kier alpha value is -2.46. The first-order valence-corrected chi connectivity index (χ1v) is 13.0. The Labute approximate surface area is 209 Å². The minimum Gasteiger partial charge on any atom is -0.857 e. The van der Waals surface area contributed by atoms with Crippen molar-refractivity contribution in [3.05, 3.63) is 36.5 Å². The van der Waals surface area contributed by atoms with E-state index < -0.39 is 53.3 Å². The summed E-state index contributed by atoms with van der Waals surface area (Å²) in [7, 11) is -4.57. The average Bonchev–Trinajstić information content (AvgIpc) is 3.34. The molecule has 0 radical (unpaired) electrons. The van der Waals surface area contributed by atoms with E-state index in [0.717, 1.165) is 5.56 Å². The molecule has 0 amide bonds. The highest BCUT2D eigenvalue weighted by Crippen LogP contribution is 2.20. The van der Waals surface area contributed by atoms with Crippen molar-refractivity contribution in [3.63, 3.8) is 0 Å². The zero-order valence-corrected chi connectivity index (χ0v) is 21.0. The van der Waals surface area contributed by atoms with Gasteiger partial charge in [0.1, 0.15) is 36.2 Å². The zero-order valence-electron chi connectivity index (χ0n) is 20.2. The number of nitrogens with zero attached hydrogens (tertiary/aromatic N) is 4. The molecule has 1 aliphatic heterocycles. The van der Waals surface area contributed by atoms with Gasteiger partial charge in [0, 0.05) is 17.4 Å². The standard InChI is InChI=1S/C22H33N5O8S/c1-3-14(2)19(23)22(30)25-36(31,32)35-13-18-21(29)20(28)17(12-34-18)33-10-9-27-11-16(24-26-27)15-7-5-4-6-8-15/h4-8,11,14,17-21,28-29H,3,9-10,12-13,23H2,1-2H3,(H,25,30)/t14?,17-,18-,19?,20+,21-/m1/s1. The molecule has 36 heavy (non-hydrogen) atoms. The third-order valence-corrected chi connectivity index (χ3v) is 6.92. The van der Waals surface area contributed by atoms with E-state index in [1.165, 1.54) is 0 Å². The second-order valence-electron chi connectivity index (χ2n) is 8.63. The fourth-order valence-electron chi connectivity index (χ4n) is 3.48. The third-order valence-electron chi connectivity index (χ3n) is 6.08. The van der Waals surface area contributed by atoms with Gasteiger partial charge in [-0.15, -0.1) is 5.10 Å². The Bertz CT molecular complexity index is 1100. The number of aromatic nitrogens is 3. The van der Waals surface area contributed by atoms with Crippen LogP contribution >= 0.6 is 0 Å². The van der Waals surface area contributed by atoms with Gasteiger partial charge in [-0.1, -0.05) is 49.4 Å². The monoisotopic (exact) mass is 527 g/mol. The smallest absolute Gasteiger partial charge is 0.380 e. The van der Waals surface area contributed by atoms with Crippen LogP contribution in [0.5, 0.6) is 0 Å². The van der Waals surface area contributed by atoms with Crippen LogP contribution < -0.4 is 10.8 Å². The minimum absolute atomic E-state index is 0.107. The quantitative estimate of drug-likeness (QED) is 0.208. The van der Waals surface area contributed by atoms with E-state index in [2.05, 4.69) is 20.4 Å². The van der Waals surface area contributed by atoms with E-state index >= 15 is 0 Å². The van der Waals surface area contributed by atoms with Gasteiger partial charge in [-0.25, -0.2) is 8.86 Å². The first-order chi connectivity index (χ1) is 17.1. The predicted octanol–water partition coefficient (Wildman–Crippen LogP) is -1.87. The van der Waals surface area contributed by atoms with Crippen molar-refractivity contribution in [3.8, 4) is 11.3 Å². The number of hydrogen-bond acceptors (Lipinski definition) is 10. The normalized spacial score (nSPS) is 25.0. The van der Waals surface area contributed by atoms with Crippen LogP contribution in [0.4, 0.5) is 0 Å². The Morgan fingerprint density at radius 3 is 2.75 bits per heavy atom. The highest BCUT2D eigenvalue weighted by molar-refractivity contribution is 7.85. The topological polar surface area (TPSA) is 196 Å². The number of aliphatic hydroxyl groups is 2. The molecule has 3 rings (SSSR count). The van der Waals surface area contributed by atoms with Crippen molar-refractivity contribution < 1.29 is 43.1 Å². The Balaban J connectivity index is 1.46. The third kappa shape index (κ3) is 7.52. The number of quaternary nitrogens is 1. The van der Waals surface area contributed by atoms with Crippen LogP contribution in [0.1, 0.15) is 20.3 Å². The van der Waals surface area contributed by atoms with E-state index in [1.807, 2.05) is 37.3 Å². The van der Waals surface area contributed by atoms with E-state index in [1.54, 1.807) is 17.8 Å². The first kappa shape index (κ1) is 28.1. The number of rotatable bonds is 12. The van der Waals surface area contributed by atoms with Gasteiger partial charge < -0.3 is 30.5 Å². The zero-order chi connectivity index (χ0) is 26.3. The molecule has 0 saturated carbocycles. The van der Waals surface area contributed by atoms with Crippen molar-refractivity contribution in [1.82, 2.24) is 15.0 Å². The SMILES string of the molecule is CCC(C)C([NH3+])/C([O-])=N/S(=O)(=O)OC[C@H]1OC[C@@H](OCCn2cc(-c3ccccc3)nn2)[C@H](O)[C@@H]1O. The van der Waals surface area contributed by atoms with Gasteiger partial charge in [-0.3, -0.25) is 0 Å². The molecule has 1 aromatic carbocycles. The van der Waals surface area contributed by atoms with Gasteiger partial charge in [0.05, 0.1) is 32.6 Å². The Morgan fingerprint density at radius 2 is 2.06 bits per heavy atom. The van der Waals surface area contributed by atoms with Crippen LogP contribution in [0.15, 0.2) is 40.9 Å². The van der Waals surface area contributed by atoms with E-state index in [-0.39, 0.29) is 19.1 Å². The molecule has 2 aromatic rings. The molecule has 0 aliphatic carbocycles. The van der Waals surface area contributed by atoms with E-state index in [0.29, 0.717) is 18.7 Å². The van der Waals surface area contributed by atoms with Crippen LogP contribution in [-0.2, 0) is 30.5 Å². The van der Waals surface area contributed by atoms with Crippen LogP contribution in [0.2, 0.25) is 0 Å². The van der Waals surface area contributed by atoms with Crippen molar-refractivity contribution in [2.75, 3.05) is 19.8 Å². The number of aliphatic hydroxyl groups excluding tert-OH is 2. The molecule has 14 heteroatoms. The van der Waals surface area contributed by atoms with Gasteiger partial charge in [0.15, 0.2) is 0 Å². The molecule has 1 aromatic heterocycles. The van der Waals surface area contributed by atoms with Crippen LogP contribution in [0, 0.1) is 5.92 Å². The summed E-state index contributed by atoms with van der Waals surface area (Å²) in [5.41, 5.74) is 5.29. The van der Waals surface area contributed by atoms with E-state index in [9.17, 15) is 23.7 Å². The lowest BCUT2D eigenvalue weighted by Crippen LogP contribution is -2.70. The summed E-state index contributed by atoms with van der Waals surface area (Å²) >= 11 is 0. The molecule has 0 bridgehead atoms. The van der Waals surface area contributed by atoms with Crippen molar-refractivity contribution in [2.45, 2.75) is 57.3 Å². The molecule has 5 N–H and O–H groups in total. The second kappa shape index (κ2) is 12.7. The lowest BCUT2D eigenvalue weighted by atomic mass is 10.0. The summed E-state index contributed by atoms with van der Waals surface area (Å²) in [6.07, 6.45) is -2.43. The van der Waals surface area contributed by atoms with Gasteiger partial charge in [-0.05, 0) is 6.42 Å². The predicted molar refractivity (Wildman–Crippen MR) is 125 cm³/mol. The number of benzene rings is 1. The lowest BCUT2D eigenvalue weighted by molar-refractivity contribution is -0.427. The van der Waals surface area contributed by atoms with E-state index in [4.69, 9.17) is 13.7 Å². The maximum Gasteiger partial charge on any atom is 0.380 e. The molecule has 6 atom stereocenters. The molecule has 2 heterocycles. The molecular formula is C22H33N5O8S. The molecule has 1 aliphatic rings. The fraction of sp³-hybridized carbons (Fsp3) is 0.591. The molecule has 1 fully saturated rings. The Morgan fingerprint density at radius 1 is 1.33 bits per heavy atom. The van der Waals surface area contributed by atoms with Crippen LogP contribution in [-0.4, -0.2) is 89.8 Å². The highest BCUT2D eigenvalue weighted by Gasteiger charge is 2.39. The summed E-state index contributed by atoms with van der Waals surface area (Å²) in [5.74, 6) is -1.06. The number of ether oxygens (including phenoxy) is 2. The van der Waals surface area contributed by atoms with Gasteiger partial charge >= 0.3 is 10.3 Å².